The first-order valence-corrected chi connectivity index (χ1v) is 10.0. The van der Waals surface area contributed by atoms with Crippen LogP contribution < -0.4 is 15.4 Å². The minimum Gasteiger partial charge on any atom is -0.434 e. The van der Waals surface area contributed by atoms with Gasteiger partial charge in [-0.2, -0.15) is 8.78 Å². The van der Waals surface area contributed by atoms with Crippen LogP contribution in [0.3, 0.4) is 0 Å². The number of hydrogen-bond donors (Lipinski definition) is 2. The quantitative estimate of drug-likeness (QED) is 0.295. The Hall–Kier alpha value is -1.20. The van der Waals surface area contributed by atoms with Crippen LogP contribution in [0.15, 0.2) is 23.2 Å². The van der Waals surface area contributed by atoms with E-state index >= 15 is 0 Å². The third-order valence-corrected chi connectivity index (χ3v) is 4.82. The monoisotopic (exact) mass is 525 g/mol. The molecule has 1 aliphatic rings. The molecule has 0 aliphatic carbocycles. The smallest absolute Gasteiger partial charge is 0.387 e. The molecule has 1 aromatic rings. The Balaban J connectivity index is 0.00000420. The highest BCUT2D eigenvalue weighted by atomic mass is 127. The molecule has 0 spiro atoms. The average Bonchev–Trinajstić information content (AvgIpc) is 2.68. The van der Waals surface area contributed by atoms with E-state index in [1.807, 2.05) is 19.9 Å². The molecule has 29 heavy (non-hydrogen) atoms. The standard InChI is InChI=1S/C20H33F2N5O.HI/c1-4-23-20(24-8-9-27-12-10-26(5-2)11-13-27)25-15-17-14-16(3)6-7-18(17)28-19(21)22;/h6-7,14,19H,4-5,8-13,15H2,1-3H3,(H2,23,24,25);1H. The molecule has 1 fully saturated rings. The first-order chi connectivity index (χ1) is 13.5. The van der Waals surface area contributed by atoms with E-state index in [1.54, 1.807) is 12.1 Å². The Morgan fingerprint density at radius 1 is 1.14 bits per heavy atom. The first-order valence-electron chi connectivity index (χ1n) is 10.0. The van der Waals surface area contributed by atoms with E-state index in [2.05, 4.69) is 37.1 Å². The van der Waals surface area contributed by atoms with E-state index in [0.717, 1.165) is 57.9 Å². The lowest BCUT2D eigenvalue weighted by Crippen LogP contribution is -2.49. The van der Waals surface area contributed by atoms with E-state index in [0.29, 0.717) is 11.5 Å². The number of benzene rings is 1. The van der Waals surface area contributed by atoms with Gasteiger partial charge in [-0.05, 0) is 26.5 Å². The molecule has 9 heteroatoms. The highest BCUT2D eigenvalue weighted by Gasteiger charge is 2.15. The van der Waals surface area contributed by atoms with Crippen molar-refractivity contribution in [2.75, 3.05) is 52.4 Å². The summed E-state index contributed by atoms with van der Waals surface area (Å²) in [4.78, 5) is 9.44. The van der Waals surface area contributed by atoms with Crippen molar-refractivity contribution in [3.63, 3.8) is 0 Å². The van der Waals surface area contributed by atoms with Gasteiger partial charge in [0.25, 0.3) is 0 Å². The number of aliphatic imine (C=N–C) groups is 1. The minimum absolute atomic E-state index is 0. The van der Waals surface area contributed by atoms with E-state index in [9.17, 15) is 8.78 Å². The zero-order valence-electron chi connectivity index (χ0n) is 17.6. The summed E-state index contributed by atoms with van der Waals surface area (Å²) >= 11 is 0. The molecule has 1 saturated heterocycles. The summed E-state index contributed by atoms with van der Waals surface area (Å²) in [5.74, 6) is 0.855. The van der Waals surface area contributed by atoms with Gasteiger partial charge in [0.1, 0.15) is 5.75 Å². The predicted octanol–water partition coefficient (Wildman–Crippen LogP) is 2.91. The predicted molar refractivity (Wildman–Crippen MR) is 125 cm³/mol. The second-order valence-electron chi connectivity index (χ2n) is 6.89. The van der Waals surface area contributed by atoms with Crippen molar-refractivity contribution < 1.29 is 13.5 Å². The van der Waals surface area contributed by atoms with E-state index in [1.165, 1.54) is 0 Å². The number of ether oxygens (including phenoxy) is 1. The van der Waals surface area contributed by atoms with Crippen LogP contribution in [-0.4, -0.2) is 74.7 Å². The Morgan fingerprint density at radius 3 is 2.45 bits per heavy atom. The average molecular weight is 525 g/mol. The normalized spacial score (nSPS) is 15.9. The fourth-order valence-corrected chi connectivity index (χ4v) is 3.21. The first kappa shape index (κ1) is 25.8. The van der Waals surface area contributed by atoms with Crippen LogP contribution >= 0.6 is 24.0 Å². The molecule has 1 heterocycles. The molecule has 0 radical (unpaired) electrons. The van der Waals surface area contributed by atoms with Gasteiger partial charge in [-0.1, -0.05) is 24.6 Å². The summed E-state index contributed by atoms with van der Waals surface area (Å²) in [7, 11) is 0. The number of hydrogen-bond acceptors (Lipinski definition) is 4. The Kier molecular flexibility index (Phi) is 12.4. The number of alkyl halides is 2. The van der Waals surface area contributed by atoms with Gasteiger partial charge in [-0.15, -0.1) is 24.0 Å². The van der Waals surface area contributed by atoms with Gasteiger partial charge in [0.15, 0.2) is 5.96 Å². The maximum Gasteiger partial charge on any atom is 0.387 e. The van der Waals surface area contributed by atoms with Crippen LogP contribution in [-0.2, 0) is 6.54 Å². The van der Waals surface area contributed by atoms with Crippen molar-refractivity contribution in [3.05, 3.63) is 29.3 Å². The second kappa shape index (κ2) is 13.9. The van der Waals surface area contributed by atoms with Crippen molar-refractivity contribution in [3.8, 4) is 5.75 Å². The van der Waals surface area contributed by atoms with Crippen molar-refractivity contribution >= 4 is 29.9 Å². The minimum atomic E-state index is -2.84. The highest BCUT2D eigenvalue weighted by molar-refractivity contribution is 14.0. The molecule has 0 bridgehead atoms. The lowest BCUT2D eigenvalue weighted by atomic mass is 10.1. The fourth-order valence-electron chi connectivity index (χ4n) is 3.21. The summed E-state index contributed by atoms with van der Waals surface area (Å²) in [6, 6.07) is 5.16. The molecule has 0 aromatic heterocycles. The van der Waals surface area contributed by atoms with E-state index in [-0.39, 0.29) is 36.3 Å². The highest BCUT2D eigenvalue weighted by Crippen LogP contribution is 2.22. The molecule has 2 N–H and O–H groups in total. The number of piperazine rings is 1. The zero-order valence-corrected chi connectivity index (χ0v) is 19.9. The number of likely N-dealkylation sites (N-methyl/N-ethyl adjacent to an activating group) is 1. The lowest BCUT2D eigenvalue weighted by molar-refractivity contribution is -0.0504. The van der Waals surface area contributed by atoms with Crippen LogP contribution in [0, 0.1) is 6.92 Å². The maximum absolute atomic E-state index is 12.6. The van der Waals surface area contributed by atoms with Gasteiger partial charge in [0.2, 0.25) is 0 Å². The fraction of sp³-hybridized carbons (Fsp3) is 0.650. The van der Waals surface area contributed by atoms with E-state index in [4.69, 9.17) is 0 Å². The molecule has 166 valence electrons. The number of nitrogens with zero attached hydrogens (tertiary/aromatic N) is 3. The van der Waals surface area contributed by atoms with E-state index < -0.39 is 6.61 Å². The summed E-state index contributed by atoms with van der Waals surface area (Å²) in [5, 5.41) is 6.54. The molecule has 2 rings (SSSR count). The van der Waals surface area contributed by atoms with Crippen molar-refractivity contribution in [2.45, 2.75) is 33.9 Å². The molecule has 6 nitrogen and oxygen atoms in total. The topological polar surface area (TPSA) is 52.1 Å². The van der Waals surface area contributed by atoms with Crippen LogP contribution in [0.4, 0.5) is 8.78 Å². The van der Waals surface area contributed by atoms with Gasteiger partial charge in [-0.25, -0.2) is 4.99 Å². The third kappa shape index (κ3) is 9.43. The summed E-state index contributed by atoms with van der Waals surface area (Å²) in [6.45, 7) is 11.5. The molecular formula is C20H34F2IN5O. The summed E-state index contributed by atoms with van der Waals surface area (Å²) in [6.07, 6.45) is 0. The van der Waals surface area contributed by atoms with Crippen LogP contribution in [0.1, 0.15) is 25.0 Å². The van der Waals surface area contributed by atoms with Crippen LogP contribution in [0.5, 0.6) is 5.75 Å². The van der Waals surface area contributed by atoms with Gasteiger partial charge >= 0.3 is 6.61 Å². The largest absolute Gasteiger partial charge is 0.434 e. The summed E-state index contributed by atoms with van der Waals surface area (Å²) < 4.78 is 29.9. The van der Waals surface area contributed by atoms with Crippen LogP contribution in [0.2, 0.25) is 0 Å². The third-order valence-electron chi connectivity index (χ3n) is 4.82. The Bertz CT molecular complexity index is 625. The SMILES string of the molecule is CCNC(=NCc1cc(C)ccc1OC(F)F)NCCN1CCN(CC)CC1.I. The second-order valence-corrected chi connectivity index (χ2v) is 6.89. The van der Waals surface area contributed by atoms with Gasteiger partial charge in [0, 0.05) is 51.4 Å². The van der Waals surface area contributed by atoms with Gasteiger partial charge in [0.05, 0.1) is 6.54 Å². The van der Waals surface area contributed by atoms with Crippen molar-refractivity contribution in [1.29, 1.82) is 0 Å². The number of nitrogens with one attached hydrogen (secondary N) is 2. The zero-order chi connectivity index (χ0) is 20.4. The molecule has 1 aromatic carbocycles. The Labute approximate surface area is 190 Å². The molecule has 1 aliphatic heterocycles. The Morgan fingerprint density at radius 2 is 1.83 bits per heavy atom. The number of guanidine groups is 1. The molecule has 0 amide bonds. The van der Waals surface area contributed by atoms with Gasteiger partial charge < -0.3 is 20.3 Å². The molecule has 0 atom stereocenters. The lowest BCUT2D eigenvalue weighted by Gasteiger charge is -2.34. The van der Waals surface area contributed by atoms with Crippen LogP contribution in [0.25, 0.3) is 0 Å². The van der Waals surface area contributed by atoms with Crippen molar-refractivity contribution in [1.82, 2.24) is 20.4 Å². The van der Waals surface area contributed by atoms with Crippen molar-refractivity contribution in [2.24, 2.45) is 4.99 Å². The molecule has 0 unspecified atom stereocenters. The number of aryl methyl sites for hydroxylation is 1. The molecular weight excluding hydrogens is 491 g/mol. The number of halogens is 3. The molecule has 0 saturated carbocycles. The summed E-state index contributed by atoms with van der Waals surface area (Å²) in [5.41, 5.74) is 1.63. The maximum atomic E-state index is 12.6. The number of rotatable bonds is 9. The van der Waals surface area contributed by atoms with Gasteiger partial charge in [-0.3, -0.25) is 4.90 Å².